The maximum atomic E-state index is 0. The molecule has 0 bridgehead atoms. The summed E-state index contributed by atoms with van der Waals surface area (Å²) in [6.07, 6.45) is 0. The molecule has 6 heavy (non-hydrogen) atoms. The first-order valence-electron chi connectivity index (χ1n) is 0. The summed E-state index contributed by atoms with van der Waals surface area (Å²) in [5, 5.41) is 0. The molecule has 0 saturated carbocycles. The van der Waals surface area contributed by atoms with Gasteiger partial charge in [0.05, 0.1) is 0 Å². The Hall–Kier alpha value is 3.48. The van der Waals surface area contributed by atoms with Crippen molar-refractivity contribution in [2.75, 3.05) is 0 Å². The van der Waals surface area contributed by atoms with Gasteiger partial charge in [-0.2, -0.15) is 0 Å². The third kappa shape index (κ3) is 25.9. The molecule has 0 saturated heterocycles. The van der Waals surface area contributed by atoms with Gasteiger partial charge in [0.25, 0.3) is 0 Å². The molecular weight excluding hydrogens is 146 g/mol. The maximum absolute atomic E-state index is 0. The predicted octanol–water partition coefficient (Wildman–Crippen LogP) is -5.31. The second-order valence-electron chi connectivity index (χ2n) is 0. The Morgan fingerprint density at radius 3 is 0.833 bits per heavy atom. The van der Waals surface area contributed by atoms with E-state index in [1.165, 1.54) is 0 Å². The van der Waals surface area contributed by atoms with E-state index in [2.05, 4.69) is 0 Å². The van der Waals surface area contributed by atoms with E-state index in [4.69, 9.17) is 0 Å². The average Bonchev–Trinajstić information content (AvgIpc) is 0. The Bertz CT molecular complexity index is 13.5. The molecule has 0 unspecified atom stereocenters. The van der Waals surface area contributed by atoms with Gasteiger partial charge in [-0.05, 0) is 0 Å². The quantitative estimate of drug-likeness (QED) is 0.316. The summed E-state index contributed by atoms with van der Waals surface area (Å²) in [6, 6.07) is 0. The van der Waals surface area contributed by atoms with Gasteiger partial charge in [-0.3, -0.25) is 0 Å². The number of rotatable bonds is 0. The molecule has 0 aromatic rings. The van der Waals surface area contributed by atoms with E-state index < -0.39 is 0 Å². The molecule has 0 rings (SSSR count). The molecule has 0 fully saturated rings. The Morgan fingerprint density at radius 1 is 0.833 bits per heavy atom. The van der Waals surface area contributed by atoms with Crippen molar-refractivity contribution in [2.24, 2.45) is 0 Å². The topological polar surface area (TPSA) is 63.0 Å². The van der Waals surface area contributed by atoms with Gasteiger partial charge < -0.3 is 11.0 Å². The van der Waals surface area contributed by atoms with Crippen LogP contribution in [-0.4, -0.2) is 119 Å². The molecule has 32 valence electrons. The zero-order chi connectivity index (χ0) is 0. The van der Waals surface area contributed by atoms with Crippen molar-refractivity contribution < 1.29 is 11.0 Å². The predicted molar refractivity (Wildman–Crippen MR) is 41.4 cm³/mol. The number of hydrogen-bond acceptors (Lipinski definition) is 0. The van der Waals surface area contributed by atoms with E-state index in [-0.39, 0.29) is 119 Å². The molecule has 6 heteroatoms. The van der Waals surface area contributed by atoms with Crippen molar-refractivity contribution in [1.29, 1.82) is 0 Å². The molecule has 0 aliphatic carbocycles. The molecule has 0 aliphatic heterocycles. The third-order valence-corrected chi connectivity index (χ3v) is 0. The minimum absolute atomic E-state index is 0. The van der Waals surface area contributed by atoms with Gasteiger partial charge in [-0.15, -0.1) is 0 Å². The Morgan fingerprint density at radius 2 is 0.833 bits per heavy atom. The monoisotopic (exact) mass is 158 g/mol. The first kappa shape index (κ1) is 56.3. The molecule has 0 spiro atoms. The van der Waals surface area contributed by atoms with Crippen LogP contribution in [0.4, 0.5) is 0 Å². The summed E-state index contributed by atoms with van der Waals surface area (Å²) in [5.41, 5.74) is 0. The van der Waals surface area contributed by atoms with Crippen molar-refractivity contribution in [3.63, 3.8) is 0 Å². The molecule has 0 heterocycles. The first-order valence-corrected chi connectivity index (χ1v) is 0. The molecule has 0 radical (unpaired) electrons. The van der Waals surface area contributed by atoms with Crippen LogP contribution in [0.15, 0.2) is 0 Å². The molecule has 0 atom stereocenters. The summed E-state index contributed by atoms with van der Waals surface area (Å²) in [4.78, 5) is 0. The summed E-state index contributed by atoms with van der Waals surface area (Å²) in [6.45, 7) is 0. The van der Waals surface area contributed by atoms with Crippen LogP contribution in [0.5, 0.6) is 0 Å². The van der Waals surface area contributed by atoms with E-state index in [1.807, 2.05) is 0 Å². The van der Waals surface area contributed by atoms with Gasteiger partial charge in [0.1, 0.15) is 0 Å². The molecule has 0 aromatic heterocycles. The SMILES string of the molecule is O.O.[AlH3].[CaH2].[MgH2].[NaH]. The van der Waals surface area contributed by atoms with Crippen molar-refractivity contribution >= 4 is 108 Å². The van der Waals surface area contributed by atoms with Gasteiger partial charge in [-0.1, -0.05) is 0 Å². The molecular formula is H12AlCaMgNaO2. The van der Waals surface area contributed by atoms with E-state index in [0.29, 0.717) is 0 Å². The van der Waals surface area contributed by atoms with Crippen LogP contribution in [0.2, 0.25) is 0 Å². The fourth-order valence-electron chi connectivity index (χ4n) is 0. The van der Waals surface area contributed by atoms with E-state index in [1.54, 1.807) is 0 Å². The summed E-state index contributed by atoms with van der Waals surface area (Å²) in [5.74, 6) is 0. The zero-order valence-electron chi connectivity index (χ0n) is 1.00. The van der Waals surface area contributed by atoms with Gasteiger partial charge in [0, 0.05) is 0 Å². The Kier molecular flexibility index (Phi) is 368. The molecule has 0 amide bonds. The summed E-state index contributed by atoms with van der Waals surface area (Å²) in [7, 11) is 0. The van der Waals surface area contributed by atoms with Gasteiger partial charge in [0.2, 0.25) is 0 Å². The molecule has 2 nitrogen and oxygen atoms in total. The van der Waals surface area contributed by atoms with Crippen LogP contribution in [0.3, 0.4) is 0 Å². The van der Waals surface area contributed by atoms with Crippen molar-refractivity contribution in [2.45, 2.75) is 0 Å². The number of hydrogen-bond donors (Lipinski definition) is 0. The minimum atomic E-state index is 0. The van der Waals surface area contributed by atoms with Crippen LogP contribution in [-0.2, 0) is 0 Å². The zero-order valence-corrected chi connectivity index (χ0v) is 1.00. The van der Waals surface area contributed by atoms with Gasteiger partial charge in [0.15, 0.2) is 17.4 Å². The Labute approximate surface area is 116 Å². The van der Waals surface area contributed by atoms with Crippen molar-refractivity contribution in [3.8, 4) is 0 Å². The van der Waals surface area contributed by atoms with Crippen LogP contribution < -0.4 is 0 Å². The van der Waals surface area contributed by atoms with Gasteiger partial charge >= 0.3 is 90.3 Å². The van der Waals surface area contributed by atoms with Crippen molar-refractivity contribution in [3.05, 3.63) is 0 Å². The third-order valence-electron chi connectivity index (χ3n) is 0. The van der Waals surface area contributed by atoms with Gasteiger partial charge in [-0.25, -0.2) is 0 Å². The van der Waals surface area contributed by atoms with Crippen molar-refractivity contribution in [1.82, 2.24) is 0 Å². The van der Waals surface area contributed by atoms with E-state index >= 15 is 0 Å². The van der Waals surface area contributed by atoms with Crippen LogP contribution >= 0.6 is 0 Å². The van der Waals surface area contributed by atoms with Crippen LogP contribution in [0.1, 0.15) is 0 Å². The van der Waals surface area contributed by atoms with E-state index in [9.17, 15) is 0 Å². The van der Waals surface area contributed by atoms with E-state index in [0.717, 1.165) is 0 Å². The fraction of sp³-hybridized carbons (Fsp3) is 0. The summed E-state index contributed by atoms with van der Waals surface area (Å²) < 4.78 is 0. The molecule has 0 aromatic carbocycles. The second-order valence-corrected chi connectivity index (χ2v) is 0. The normalized spacial score (nSPS) is 0. The Balaban J connectivity index is 0. The van der Waals surface area contributed by atoms with Crippen LogP contribution in [0.25, 0.3) is 0 Å². The van der Waals surface area contributed by atoms with Crippen LogP contribution in [0, 0.1) is 0 Å². The first-order chi connectivity index (χ1) is 0. The summed E-state index contributed by atoms with van der Waals surface area (Å²) >= 11 is 0. The molecule has 0 aliphatic rings. The standard InChI is InChI=1S/Al.Ca.Mg.Na.2H2O.8H/h;;;;2*1H2;;;;;;;;. The fourth-order valence-corrected chi connectivity index (χ4v) is 0. The average molecular weight is 158 g/mol. The molecule has 4 N–H and O–H groups in total. The second kappa shape index (κ2) is 39.2.